The summed E-state index contributed by atoms with van der Waals surface area (Å²) in [6, 6.07) is 2.82. The summed E-state index contributed by atoms with van der Waals surface area (Å²) in [7, 11) is 0. The number of nitrogens with two attached hydrogens (primary N) is 1. The molecular weight excluding hydrogens is 240 g/mol. The standard InChI is InChI=1S/C6H5BrN4O2/c7-5-2-3(10-11-13)1-4(9-5)6(8)12/h1-2H,(H2,8,12)(H,9,10,13). The number of aromatic nitrogens is 1. The van der Waals surface area contributed by atoms with Crippen molar-refractivity contribution in [3.05, 3.63) is 27.3 Å². The van der Waals surface area contributed by atoms with Gasteiger partial charge < -0.3 is 5.73 Å². The molecule has 1 amide bonds. The van der Waals surface area contributed by atoms with Gasteiger partial charge in [-0.1, -0.05) is 0 Å². The summed E-state index contributed by atoms with van der Waals surface area (Å²) in [6.45, 7) is 0. The second kappa shape index (κ2) is 3.94. The van der Waals surface area contributed by atoms with Crippen molar-refractivity contribution in [2.75, 3.05) is 5.43 Å². The molecule has 0 atom stereocenters. The molecule has 0 aliphatic rings. The van der Waals surface area contributed by atoms with Crippen molar-refractivity contribution in [1.29, 1.82) is 0 Å². The van der Waals surface area contributed by atoms with E-state index in [-0.39, 0.29) is 5.69 Å². The van der Waals surface area contributed by atoms with Crippen LogP contribution in [0.3, 0.4) is 0 Å². The van der Waals surface area contributed by atoms with Gasteiger partial charge in [-0.25, -0.2) is 10.4 Å². The molecule has 0 saturated heterocycles. The van der Waals surface area contributed by atoms with Crippen LogP contribution in [0.15, 0.2) is 22.0 Å². The highest BCUT2D eigenvalue weighted by Crippen LogP contribution is 2.15. The van der Waals surface area contributed by atoms with E-state index in [1.54, 1.807) is 0 Å². The minimum Gasteiger partial charge on any atom is -0.364 e. The van der Waals surface area contributed by atoms with Crippen LogP contribution < -0.4 is 11.2 Å². The van der Waals surface area contributed by atoms with E-state index in [0.717, 1.165) is 0 Å². The van der Waals surface area contributed by atoms with Gasteiger partial charge in [0, 0.05) is 0 Å². The van der Waals surface area contributed by atoms with Gasteiger partial charge in [-0.15, -0.1) is 4.91 Å². The summed E-state index contributed by atoms with van der Waals surface area (Å²) in [5.74, 6) is -0.671. The lowest BCUT2D eigenvalue weighted by Crippen LogP contribution is -2.13. The topological polar surface area (TPSA) is 97.4 Å². The molecule has 0 spiro atoms. The Hall–Kier alpha value is -1.50. The molecule has 0 aromatic carbocycles. The Morgan fingerprint density at radius 1 is 1.62 bits per heavy atom. The van der Waals surface area contributed by atoms with Gasteiger partial charge in [-0.3, -0.25) is 4.79 Å². The monoisotopic (exact) mass is 244 g/mol. The number of nitrogens with one attached hydrogen (secondary N) is 1. The van der Waals surface area contributed by atoms with Gasteiger partial charge >= 0.3 is 0 Å². The van der Waals surface area contributed by atoms with Crippen LogP contribution in [-0.4, -0.2) is 10.9 Å². The Bertz CT molecular complexity index is 354. The Labute approximate surface area is 81.6 Å². The number of nitroso groups, excluding NO2 is 1. The second-order valence-corrected chi connectivity index (χ2v) is 2.94. The highest BCUT2D eigenvalue weighted by Gasteiger charge is 2.05. The van der Waals surface area contributed by atoms with Crippen molar-refractivity contribution in [3.8, 4) is 0 Å². The Morgan fingerprint density at radius 3 is 2.85 bits per heavy atom. The quantitative estimate of drug-likeness (QED) is 0.472. The molecule has 13 heavy (non-hydrogen) atoms. The smallest absolute Gasteiger partial charge is 0.267 e. The molecule has 0 fully saturated rings. The number of amides is 1. The second-order valence-electron chi connectivity index (χ2n) is 2.13. The summed E-state index contributed by atoms with van der Waals surface area (Å²) in [5, 5.41) is 2.45. The van der Waals surface area contributed by atoms with Crippen LogP contribution >= 0.6 is 15.9 Å². The van der Waals surface area contributed by atoms with E-state index >= 15 is 0 Å². The molecule has 1 aromatic heterocycles. The fraction of sp³-hybridized carbons (Fsp3) is 0. The molecule has 1 rings (SSSR count). The Kier molecular flexibility index (Phi) is 2.91. The zero-order valence-electron chi connectivity index (χ0n) is 6.32. The van der Waals surface area contributed by atoms with Gasteiger partial charge in [0.1, 0.15) is 10.3 Å². The normalized spacial score (nSPS) is 9.31. The lowest BCUT2D eigenvalue weighted by atomic mass is 10.3. The van der Waals surface area contributed by atoms with Crippen molar-refractivity contribution >= 4 is 27.5 Å². The van der Waals surface area contributed by atoms with Gasteiger partial charge in [0.2, 0.25) is 0 Å². The number of carbonyl (C=O) groups excluding carboxylic acids is 1. The minimum absolute atomic E-state index is 0.0560. The van der Waals surface area contributed by atoms with Gasteiger partial charge in [0.25, 0.3) is 5.91 Å². The van der Waals surface area contributed by atoms with E-state index < -0.39 is 5.91 Å². The van der Waals surface area contributed by atoms with E-state index in [9.17, 15) is 9.70 Å². The van der Waals surface area contributed by atoms with Gasteiger partial charge in [0.15, 0.2) is 0 Å². The van der Waals surface area contributed by atoms with E-state index in [2.05, 4.69) is 31.6 Å². The van der Waals surface area contributed by atoms with Gasteiger partial charge in [-0.05, 0) is 28.1 Å². The van der Waals surface area contributed by atoms with E-state index in [0.29, 0.717) is 10.3 Å². The Balaban J connectivity index is 3.10. The van der Waals surface area contributed by atoms with Gasteiger partial charge in [0.05, 0.1) is 11.0 Å². The highest BCUT2D eigenvalue weighted by molar-refractivity contribution is 9.10. The van der Waals surface area contributed by atoms with Crippen LogP contribution in [0.5, 0.6) is 0 Å². The zero-order chi connectivity index (χ0) is 9.84. The fourth-order valence-corrected chi connectivity index (χ4v) is 1.18. The lowest BCUT2D eigenvalue weighted by Gasteiger charge is -2.00. The maximum absolute atomic E-state index is 10.7. The molecule has 0 bridgehead atoms. The number of nitrogens with zero attached hydrogens (tertiary/aromatic N) is 2. The predicted molar refractivity (Wildman–Crippen MR) is 49.9 cm³/mol. The number of anilines is 1. The summed E-state index contributed by atoms with van der Waals surface area (Å²) < 4.78 is 0.398. The summed E-state index contributed by atoms with van der Waals surface area (Å²) in [6.07, 6.45) is 0. The summed E-state index contributed by atoms with van der Waals surface area (Å²) in [5.41, 5.74) is 7.53. The lowest BCUT2D eigenvalue weighted by molar-refractivity contribution is 0.0995. The third kappa shape index (κ3) is 2.48. The molecule has 1 aromatic rings. The van der Waals surface area contributed by atoms with Crippen LogP contribution in [0.25, 0.3) is 0 Å². The van der Waals surface area contributed by atoms with E-state index in [1.807, 2.05) is 0 Å². The van der Waals surface area contributed by atoms with Crippen LogP contribution in [-0.2, 0) is 0 Å². The third-order valence-electron chi connectivity index (χ3n) is 1.22. The maximum Gasteiger partial charge on any atom is 0.267 e. The number of hydrogen-bond acceptors (Lipinski definition) is 4. The molecule has 3 N–H and O–H groups in total. The Morgan fingerprint density at radius 2 is 2.31 bits per heavy atom. The molecule has 7 heteroatoms. The van der Waals surface area contributed by atoms with Crippen molar-refractivity contribution in [1.82, 2.24) is 4.98 Å². The van der Waals surface area contributed by atoms with Gasteiger partial charge in [-0.2, -0.15) is 0 Å². The summed E-state index contributed by atoms with van der Waals surface area (Å²) in [4.78, 5) is 24.3. The van der Waals surface area contributed by atoms with Crippen LogP contribution in [0.4, 0.5) is 5.69 Å². The molecule has 1 heterocycles. The van der Waals surface area contributed by atoms with E-state index in [1.165, 1.54) is 12.1 Å². The molecule has 0 unspecified atom stereocenters. The summed E-state index contributed by atoms with van der Waals surface area (Å²) >= 11 is 3.05. The molecule has 0 aliphatic heterocycles. The minimum atomic E-state index is -0.671. The van der Waals surface area contributed by atoms with Crippen LogP contribution in [0, 0.1) is 4.91 Å². The molecule has 0 aliphatic carbocycles. The largest absolute Gasteiger partial charge is 0.364 e. The average molecular weight is 245 g/mol. The van der Waals surface area contributed by atoms with Crippen molar-refractivity contribution in [2.24, 2.45) is 11.0 Å². The highest BCUT2D eigenvalue weighted by atomic mass is 79.9. The maximum atomic E-state index is 10.7. The zero-order valence-corrected chi connectivity index (χ0v) is 7.91. The molecular formula is C6H5BrN4O2. The predicted octanol–water partition coefficient (Wildman–Crippen LogP) is 1.04. The number of hydrogen-bond donors (Lipinski definition) is 2. The molecule has 0 saturated carbocycles. The first-order valence-electron chi connectivity index (χ1n) is 3.19. The van der Waals surface area contributed by atoms with E-state index in [4.69, 9.17) is 5.73 Å². The molecule has 6 nitrogen and oxygen atoms in total. The number of carbonyl (C=O) groups is 1. The van der Waals surface area contributed by atoms with Crippen molar-refractivity contribution in [3.63, 3.8) is 0 Å². The number of rotatable bonds is 3. The SMILES string of the molecule is NC(=O)c1cc(NN=O)cc(Br)n1. The first kappa shape index (κ1) is 9.59. The first-order chi connectivity index (χ1) is 6.13. The number of pyridine rings is 1. The van der Waals surface area contributed by atoms with Crippen LogP contribution in [0.2, 0.25) is 0 Å². The number of primary amides is 1. The van der Waals surface area contributed by atoms with Crippen molar-refractivity contribution < 1.29 is 4.79 Å². The first-order valence-corrected chi connectivity index (χ1v) is 3.98. The van der Waals surface area contributed by atoms with Crippen molar-refractivity contribution in [2.45, 2.75) is 0 Å². The fourth-order valence-electron chi connectivity index (χ4n) is 0.740. The van der Waals surface area contributed by atoms with Crippen LogP contribution in [0.1, 0.15) is 10.5 Å². The number of halogens is 1. The molecule has 68 valence electrons. The average Bonchev–Trinajstić information content (AvgIpc) is 2.03. The molecule has 0 radical (unpaired) electrons. The third-order valence-corrected chi connectivity index (χ3v) is 1.63.